The molecule has 0 aliphatic rings. The fourth-order valence-electron chi connectivity index (χ4n) is 1.95. The molecule has 19 heavy (non-hydrogen) atoms. The van der Waals surface area contributed by atoms with Gasteiger partial charge in [-0.15, -0.1) is 0 Å². The fraction of sp³-hybridized carbons (Fsp3) is 0.375. The molecule has 1 aromatic carbocycles. The van der Waals surface area contributed by atoms with Gasteiger partial charge >= 0.3 is 0 Å². The molecule has 1 aromatic heterocycles. The standard InChI is InChI=1S/C16H21N3/c1-11-10-14(17-5)19-15(18-11)12-6-8-13(9-7-12)16(2,3)4/h6-10H,1-5H3,(H,17,18,19). The molecule has 2 rings (SSSR count). The van der Waals surface area contributed by atoms with Crippen LogP contribution in [0.1, 0.15) is 32.0 Å². The van der Waals surface area contributed by atoms with E-state index in [1.807, 2.05) is 20.0 Å². The molecule has 3 nitrogen and oxygen atoms in total. The first-order chi connectivity index (χ1) is 8.90. The van der Waals surface area contributed by atoms with Crippen molar-refractivity contribution in [1.29, 1.82) is 0 Å². The molecule has 0 radical (unpaired) electrons. The number of hydrogen-bond acceptors (Lipinski definition) is 3. The van der Waals surface area contributed by atoms with Crippen molar-refractivity contribution in [2.24, 2.45) is 0 Å². The van der Waals surface area contributed by atoms with Crippen molar-refractivity contribution < 1.29 is 0 Å². The molecule has 0 atom stereocenters. The number of hydrogen-bond donors (Lipinski definition) is 1. The lowest BCUT2D eigenvalue weighted by atomic mass is 9.87. The Balaban J connectivity index is 2.40. The summed E-state index contributed by atoms with van der Waals surface area (Å²) in [7, 11) is 1.87. The summed E-state index contributed by atoms with van der Waals surface area (Å²) in [5.74, 6) is 1.62. The molecule has 2 aromatic rings. The Morgan fingerprint density at radius 3 is 2.16 bits per heavy atom. The van der Waals surface area contributed by atoms with E-state index in [1.54, 1.807) is 0 Å². The first-order valence-corrected chi connectivity index (χ1v) is 6.54. The van der Waals surface area contributed by atoms with Crippen LogP contribution in [0.2, 0.25) is 0 Å². The van der Waals surface area contributed by atoms with Crippen LogP contribution in [0.15, 0.2) is 30.3 Å². The largest absolute Gasteiger partial charge is 0.373 e. The van der Waals surface area contributed by atoms with Gasteiger partial charge in [-0.2, -0.15) is 0 Å². The van der Waals surface area contributed by atoms with E-state index in [0.717, 1.165) is 22.9 Å². The Bertz CT molecular complexity index is 566. The summed E-state index contributed by atoms with van der Waals surface area (Å²) in [5, 5.41) is 3.06. The second-order valence-electron chi connectivity index (χ2n) is 5.80. The van der Waals surface area contributed by atoms with E-state index in [9.17, 15) is 0 Å². The first kappa shape index (κ1) is 13.5. The van der Waals surface area contributed by atoms with Gasteiger partial charge in [0.2, 0.25) is 0 Å². The minimum atomic E-state index is 0.169. The Labute approximate surface area is 115 Å². The quantitative estimate of drug-likeness (QED) is 0.887. The van der Waals surface area contributed by atoms with E-state index in [-0.39, 0.29) is 5.41 Å². The number of aryl methyl sites for hydroxylation is 1. The second-order valence-corrected chi connectivity index (χ2v) is 5.80. The van der Waals surface area contributed by atoms with E-state index < -0.39 is 0 Å². The molecule has 0 unspecified atom stereocenters. The molecule has 3 heteroatoms. The molecule has 1 N–H and O–H groups in total. The molecule has 100 valence electrons. The highest BCUT2D eigenvalue weighted by Crippen LogP contribution is 2.25. The molecule has 0 saturated heterocycles. The average Bonchev–Trinajstić information content (AvgIpc) is 2.37. The Kier molecular flexibility index (Phi) is 3.56. The zero-order valence-electron chi connectivity index (χ0n) is 12.3. The van der Waals surface area contributed by atoms with Gasteiger partial charge in [-0.25, -0.2) is 9.97 Å². The minimum Gasteiger partial charge on any atom is -0.373 e. The summed E-state index contributed by atoms with van der Waals surface area (Å²) in [5.41, 5.74) is 3.50. The SMILES string of the molecule is CNc1cc(C)nc(-c2ccc(C(C)(C)C)cc2)n1. The zero-order chi connectivity index (χ0) is 14.0. The molecule has 0 saturated carbocycles. The molecule has 0 bridgehead atoms. The van der Waals surface area contributed by atoms with Crippen molar-refractivity contribution in [3.05, 3.63) is 41.6 Å². The molecule has 0 aliphatic carbocycles. The van der Waals surface area contributed by atoms with Crippen molar-refractivity contribution in [3.63, 3.8) is 0 Å². The van der Waals surface area contributed by atoms with E-state index in [2.05, 4.69) is 60.3 Å². The minimum absolute atomic E-state index is 0.169. The van der Waals surface area contributed by atoms with Crippen LogP contribution in [0.5, 0.6) is 0 Å². The normalized spacial score (nSPS) is 11.4. The van der Waals surface area contributed by atoms with Gasteiger partial charge < -0.3 is 5.32 Å². The maximum atomic E-state index is 4.49. The van der Waals surface area contributed by atoms with Crippen molar-refractivity contribution >= 4 is 5.82 Å². The summed E-state index contributed by atoms with van der Waals surface area (Å²) >= 11 is 0. The van der Waals surface area contributed by atoms with Crippen LogP contribution in [-0.4, -0.2) is 17.0 Å². The monoisotopic (exact) mass is 255 g/mol. The molecule has 1 heterocycles. The highest BCUT2D eigenvalue weighted by Gasteiger charge is 2.13. The van der Waals surface area contributed by atoms with Gasteiger partial charge in [-0.3, -0.25) is 0 Å². The first-order valence-electron chi connectivity index (χ1n) is 6.54. The van der Waals surface area contributed by atoms with Crippen LogP contribution in [0.25, 0.3) is 11.4 Å². The average molecular weight is 255 g/mol. The van der Waals surface area contributed by atoms with E-state index in [4.69, 9.17) is 0 Å². The summed E-state index contributed by atoms with van der Waals surface area (Å²) in [6.45, 7) is 8.62. The molecular formula is C16H21N3. The molecule has 0 spiro atoms. The predicted molar refractivity (Wildman–Crippen MR) is 80.5 cm³/mol. The van der Waals surface area contributed by atoms with E-state index >= 15 is 0 Å². The number of rotatable bonds is 2. The van der Waals surface area contributed by atoms with Gasteiger partial charge in [0.05, 0.1) is 0 Å². The van der Waals surface area contributed by atoms with Gasteiger partial charge in [-0.05, 0) is 17.9 Å². The van der Waals surface area contributed by atoms with Crippen LogP contribution >= 0.6 is 0 Å². The Morgan fingerprint density at radius 2 is 1.63 bits per heavy atom. The van der Waals surface area contributed by atoms with Gasteiger partial charge in [0.25, 0.3) is 0 Å². The summed E-state index contributed by atoms with van der Waals surface area (Å²) < 4.78 is 0. The number of nitrogens with zero attached hydrogens (tertiary/aromatic N) is 2. The smallest absolute Gasteiger partial charge is 0.161 e. The lowest BCUT2D eigenvalue weighted by Gasteiger charge is -2.19. The third kappa shape index (κ3) is 3.11. The second kappa shape index (κ2) is 5.00. The van der Waals surface area contributed by atoms with Crippen molar-refractivity contribution in [3.8, 4) is 11.4 Å². The van der Waals surface area contributed by atoms with Gasteiger partial charge in [0.15, 0.2) is 5.82 Å². The predicted octanol–water partition coefficient (Wildman–Crippen LogP) is 3.79. The van der Waals surface area contributed by atoms with Gasteiger partial charge in [0.1, 0.15) is 5.82 Å². The van der Waals surface area contributed by atoms with E-state index in [0.29, 0.717) is 0 Å². The van der Waals surface area contributed by atoms with Gasteiger partial charge in [0, 0.05) is 24.4 Å². The maximum Gasteiger partial charge on any atom is 0.161 e. The third-order valence-corrected chi connectivity index (χ3v) is 3.12. The van der Waals surface area contributed by atoms with E-state index in [1.165, 1.54) is 5.56 Å². The number of nitrogens with one attached hydrogen (secondary N) is 1. The zero-order valence-corrected chi connectivity index (χ0v) is 12.3. The Hall–Kier alpha value is -1.90. The molecular weight excluding hydrogens is 234 g/mol. The highest BCUT2D eigenvalue weighted by molar-refractivity contribution is 5.58. The van der Waals surface area contributed by atoms with Crippen LogP contribution in [0.4, 0.5) is 5.82 Å². The van der Waals surface area contributed by atoms with Crippen LogP contribution in [-0.2, 0) is 5.41 Å². The summed E-state index contributed by atoms with van der Waals surface area (Å²) in [6, 6.07) is 10.4. The van der Waals surface area contributed by atoms with Crippen LogP contribution in [0, 0.1) is 6.92 Å². The molecule has 0 fully saturated rings. The fourth-order valence-corrected chi connectivity index (χ4v) is 1.95. The number of anilines is 1. The van der Waals surface area contributed by atoms with Crippen molar-refractivity contribution in [2.75, 3.05) is 12.4 Å². The molecule has 0 amide bonds. The lowest BCUT2D eigenvalue weighted by Crippen LogP contribution is -2.10. The van der Waals surface area contributed by atoms with Gasteiger partial charge in [-0.1, -0.05) is 45.0 Å². The highest BCUT2D eigenvalue weighted by atomic mass is 15.0. The summed E-state index contributed by atoms with van der Waals surface area (Å²) in [4.78, 5) is 8.98. The topological polar surface area (TPSA) is 37.8 Å². The van der Waals surface area contributed by atoms with Crippen LogP contribution < -0.4 is 5.32 Å². The van der Waals surface area contributed by atoms with Crippen molar-refractivity contribution in [2.45, 2.75) is 33.1 Å². The summed E-state index contributed by atoms with van der Waals surface area (Å²) in [6.07, 6.45) is 0. The van der Waals surface area contributed by atoms with Crippen LogP contribution in [0.3, 0.4) is 0 Å². The lowest BCUT2D eigenvalue weighted by molar-refractivity contribution is 0.590. The maximum absolute atomic E-state index is 4.49. The van der Waals surface area contributed by atoms with Crippen molar-refractivity contribution in [1.82, 2.24) is 9.97 Å². The molecule has 0 aliphatic heterocycles. The third-order valence-electron chi connectivity index (χ3n) is 3.12. The Morgan fingerprint density at radius 1 is 1.00 bits per heavy atom. The number of aromatic nitrogens is 2. The number of benzene rings is 1.